The summed E-state index contributed by atoms with van der Waals surface area (Å²) in [5, 5.41) is 1.81. The molecule has 0 radical (unpaired) electrons. The molecule has 5 nitrogen and oxygen atoms in total. The number of nitrogens with zero attached hydrogens (tertiary/aromatic N) is 1. The first-order valence-electron chi connectivity index (χ1n) is 8.31. The maximum Gasteiger partial charge on any atom is 0.207 e. The molecule has 0 saturated carbocycles. The summed E-state index contributed by atoms with van der Waals surface area (Å²) in [5.41, 5.74) is 1.43. The lowest BCUT2D eigenvalue weighted by atomic mass is 10.1. The number of rotatable bonds is 7. The van der Waals surface area contributed by atoms with Crippen LogP contribution in [-0.2, 0) is 27.5 Å². The third-order valence-electron chi connectivity index (χ3n) is 4.00. The molecule has 0 bridgehead atoms. The SMILES string of the molecule is CCCc1ccccc1N(c1cc(S(=O)(=O)c2ccccc2)cs1)S(=O)[O-]. The second-order valence-corrected chi connectivity index (χ2v) is 9.47. The average Bonchev–Trinajstić information content (AvgIpc) is 3.14. The Kier molecular flexibility index (Phi) is 6.11. The Hall–Kier alpha value is -2.00. The van der Waals surface area contributed by atoms with Gasteiger partial charge in [-0.15, -0.1) is 11.3 Å². The molecule has 1 unspecified atom stereocenters. The summed E-state index contributed by atoms with van der Waals surface area (Å²) in [5.74, 6) is 0. The molecule has 27 heavy (non-hydrogen) atoms. The minimum Gasteiger partial charge on any atom is -0.755 e. The van der Waals surface area contributed by atoms with Crippen LogP contribution in [0, 0.1) is 0 Å². The Bertz CT molecular complexity index is 1050. The molecule has 8 heteroatoms. The van der Waals surface area contributed by atoms with E-state index in [1.54, 1.807) is 30.3 Å². The lowest BCUT2D eigenvalue weighted by Gasteiger charge is -2.27. The highest BCUT2D eigenvalue weighted by atomic mass is 32.2. The van der Waals surface area contributed by atoms with Crippen molar-refractivity contribution in [3.8, 4) is 0 Å². The van der Waals surface area contributed by atoms with Crippen LogP contribution in [0.3, 0.4) is 0 Å². The van der Waals surface area contributed by atoms with Gasteiger partial charge in [0.1, 0.15) is 5.00 Å². The predicted molar refractivity (Wildman–Crippen MR) is 108 cm³/mol. The van der Waals surface area contributed by atoms with Crippen LogP contribution in [0.4, 0.5) is 10.7 Å². The highest BCUT2D eigenvalue weighted by Crippen LogP contribution is 2.37. The van der Waals surface area contributed by atoms with Crippen molar-refractivity contribution < 1.29 is 17.2 Å². The maximum absolute atomic E-state index is 12.8. The van der Waals surface area contributed by atoms with E-state index in [1.165, 1.54) is 23.6 Å². The molecular weight excluding hydrogens is 402 g/mol. The molecule has 0 aliphatic rings. The number of sulfone groups is 1. The predicted octanol–water partition coefficient (Wildman–Crippen LogP) is 4.47. The number of anilines is 2. The van der Waals surface area contributed by atoms with Crippen LogP contribution in [0.1, 0.15) is 18.9 Å². The zero-order valence-corrected chi connectivity index (χ0v) is 17.0. The van der Waals surface area contributed by atoms with E-state index in [0.29, 0.717) is 10.7 Å². The van der Waals surface area contributed by atoms with Gasteiger partial charge in [0.2, 0.25) is 9.84 Å². The molecule has 2 aromatic carbocycles. The number of para-hydroxylation sites is 1. The lowest BCUT2D eigenvalue weighted by Crippen LogP contribution is -2.20. The molecule has 0 N–H and O–H groups in total. The minimum absolute atomic E-state index is 0.0807. The fraction of sp³-hybridized carbons (Fsp3) is 0.158. The molecule has 142 valence electrons. The number of hydrogen-bond acceptors (Lipinski definition) is 5. The number of benzene rings is 2. The normalized spacial score (nSPS) is 12.7. The first-order valence-corrected chi connectivity index (χ1v) is 11.7. The highest BCUT2D eigenvalue weighted by Gasteiger charge is 2.22. The average molecular weight is 421 g/mol. The number of hydrogen-bond donors (Lipinski definition) is 0. The van der Waals surface area contributed by atoms with E-state index in [1.807, 2.05) is 19.1 Å². The standard InChI is InChI=1S/C19H19NO4S3/c1-2-8-15-9-6-7-12-18(15)20(26(21)22)19-13-17(14-25-19)27(23,24)16-10-4-3-5-11-16/h3-7,9-14H,2,8H2,1H3,(H,21,22)/p-1. The van der Waals surface area contributed by atoms with Gasteiger partial charge in [0.25, 0.3) is 0 Å². The van der Waals surface area contributed by atoms with Crippen molar-refractivity contribution in [2.24, 2.45) is 0 Å². The van der Waals surface area contributed by atoms with Crippen LogP contribution in [-0.4, -0.2) is 17.2 Å². The summed E-state index contributed by atoms with van der Waals surface area (Å²) in [7, 11) is -3.70. The lowest BCUT2D eigenvalue weighted by molar-refractivity contribution is 0.537. The monoisotopic (exact) mass is 420 g/mol. The Morgan fingerprint density at radius 2 is 1.70 bits per heavy atom. The molecule has 0 aliphatic carbocycles. The van der Waals surface area contributed by atoms with Crippen LogP contribution in [0.25, 0.3) is 0 Å². The smallest absolute Gasteiger partial charge is 0.207 e. The second kappa shape index (κ2) is 8.35. The van der Waals surface area contributed by atoms with E-state index in [9.17, 15) is 17.2 Å². The molecule has 3 rings (SSSR count). The Morgan fingerprint density at radius 1 is 1.04 bits per heavy atom. The van der Waals surface area contributed by atoms with Gasteiger partial charge in [0, 0.05) is 5.38 Å². The Balaban J connectivity index is 2.04. The van der Waals surface area contributed by atoms with Gasteiger partial charge in [-0.3, -0.25) is 8.51 Å². The van der Waals surface area contributed by atoms with E-state index in [4.69, 9.17) is 0 Å². The summed E-state index contributed by atoms with van der Waals surface area (Å²) in [6, 6.07) is 16.7. The molecule has 0 amide bonds. The molecule has 1 heterocycles. The van der Waals surface area contributed by atoms with E-state index in [0.717, 1.165) is 34.0 Å². The quantitative estimate of drug-likeness (QED) is 0.529. The molecule has 1 atom stereocenters. The first-order chi connectivity index (χ1) is 12.9. The van der Waals surface area contributed by atoms with Crippen LogP contribution in [0.2, 0.25) is 0 Å². The van der Waals surface area contributed by atoms with Crippen molar-refractivity contribution in [1.29, 1.82) is 0 Å². The van der Waals surface area contributed by atoms with E-state index >= 15 is 0 Å². The number of aryl methyl sites for hydroxylation is 1. The summed E-state index contributed by atoms with van der Waals surface area (Å²) in [6.45, 7) is 2.02. The fourth-order valence-electron chi connectivity index (χ4n) is 2.75. The van der Waals surface area contributed by atoms with Gasteiger partial charge in [-0.1, -0.05) is 49.7 Å². The Labute approximate surface area is 165 Å². The molecule has 0 aliphatic heterocycles. The zero-order chi connectivity index (χ0) is 19.4. The van der Waals surface area contributed by atoms with Crippen LogP contribution < -0.4 is 4.31 Å². The number of thiophene rings is 1. The molecule has 0 fully saturated rings. The van der Waals surface area contributed by atoms with Gasteiger partial charge in [-0.25, -0.2) is 8.42 Å². The summed E-state index contributed by atoms with van der Waals surface area (Å²) < 4.78 is 50.6. The van der Waals surface area contributed by atoms with Gasteiger partial charge in [0.05, 0.1) is 26.7 Å². The van der Waals surface area contributed by atoms with E-state index in [-0.39, 0.29) is 9.79 Å². The summed E-state index contributed by atoms with van der Waals surface area (Å²) >= 11 is -1.50. The molecule has 1 aromatic heterocycles. The van der Waals surface area contributed by atoms with Crippen molar-refractivity contribution in [1.82, 2.24) is 0 Å². The van der Waals surface area contributed by atoms with Crippen molar-refractivity contribution in [3.05, 3.63) is 71.6 Å². The second-order valence-electron chi connectivity index (χ2n) is 5.83. The summed E-state index contributed by atoms with van der Waals surface area (Å²) in [4.78, 5) is 0.257. The van der Waals surface area contributed by atoms with Crippen molar-refractivity contribution in [3.63, 3.8) is 0 Å². The zero-order valence-electron chi connectivity index (χ0n) is 14.6. The van der Waals surface area contributed by atoms with Gasteiger partial charge in [-0.05, 0) is 36.2 Å². The molecule has 3 aromatic rings. The summed E-state index contributed by atoms with van der Waals surface area (Å²) in [6.07, 6.45) is 1.60. The maximum atomic E-state index is 12.8. The van der Waals surface area contributed by atoms with Crippen LogP contribution in [0.15, 0.2) is 75.8 Å². The van der Waals surface area contributed by atoms with Crippen molar-refractivity contribution in [2.75, 3.05) is 4.31 Å². The van der Waals surface area contributed by atoms with E-state index in [2.05, 4.69) is 0 Å². The Morgan fingerprint density at radius 3 is 2.37 bits per heavy atom. The largest absolute Gasteiger partial charge is 0.755 e. The fourth-order valence-corrected chi connectivity index (χ4v) is 6.08. The van der Waals surface area contributed by atoms with Gasteiger partial charge in [-0.2, -0.15) is 0 Å². The molecular formula is C19H18NO4S3-. The van der Waals surface area contributed by atoms with E-state index < -0.39 is 21.1 Å². The van der Waals surface area contributed by atoms with Crippen LogP contribution in [0.5, 0.6) is 0 Å². The third-order valence-corrected chi connectivity index (χ3v) is 7.62. The van der Waals surface area contributed by atoms with Gasteiger partial charge >= 0.3 is 0 Å². The van der Waals surface area contributed by atoms with Crippen LogP contribution >= 0.6 is 11.3 Å². The highest BCUT2D eigenvalue weighted by molar-refractivity contribution is 7.91. The van der Waals surface area contributed by atoms with Crippen molar-refractivity contribution in [2.45, 2.75) is 29.6 Å². The molecule has 0 spiro atoms. The topological polar surface area (TPSA) is 77.5 Å². The minimum atomic E-state index is -3.70. The molecule has 0 saturated heterocycles. The van der Waals surface area contributed by atoms with Crippen molar-refractivity contribution >= 4 is 43.1 Å². The van der Waals surface area contributed by atoms with Gasteiger partial charge < -0.3 is 4.55 Å². The van der Waals surface area contributed by atoms with Gasteiger partial charge in [0.15, 0.2) is 0 Å². The third kappa shape index (κ3) is 4.14. The first kappa shape index (κ1) is 19.8.